The Hall–Kier alpha value is -2.96. The van der Waals surface area contributed by atoms with Crippen molar-refractivity contribution < 1.29 is 26.0 Å². The number of sulfonamides is 1. The number of halogens is 5. The van der Waals surface area contributed by atoms with Gasteiger partial charge in [-0.3, -0.25) is 4.72 Å². The Kier molecular flexibility index (Phi) is 8.67. The Labute approximate surface area is 229 Å². The van der Waals surface area contributed by atoms with Crippen LogP contribution in [0.1, 0.15) is 30.4 Å². The third-order valence-corrected chi connectivity index (χ3v) is 8.52. The van der Waals surface area contributed by atoms with Crippen molar-refractivity contribution in [2.24, 2.45) is 5.92 Å². The minimum atomic E-state index is -4.39. The van der Waals surface area contributed by atoms with Gasteiger partial charge in [0.05, 0.1) is 16.3 Å². The molecule has 0 saturated heterocycles. The molecule has 1 aliphatic carbocycles. The number of likely N-dealkylation sites (N-methyl/N-ethyl adjacent to an activating group) is 1. The molecule has 3 atom stereocenters. The minimum Gasteiger partial charge on any atom is -0.379 e. The van der Waals surface area contributed by atoms with Crippen molar-refractivity contribution in [1.82, 2.24) is 14.9 Å². The topological polar surface area (TPSA) is 87.2 Å². The Balaban J connectivity index is 1.47. The van der Waals surface area contributed by atoms with E-state index in [0.717, 1.165) is 30.9 Å². The number of rotatable bonds is 8. The van der Waals surface area contributed by atoms with Gasteiger partial charge in [0, 0.05) is 18.3 Å². The third kappa shape index (κ3) is 7.17. The van der Waals surface area contributed by atoms with Crippen LogP contribution < -0.4 is 10.0 Å². The van der Waals surface area contributed by atoms with Crippen LogP contribution in [0.15, 0.2) is 59.9 Å². The monoisotopic (exact) mass is 585 g/mol. The van der Waals surface area contributed by atoms with E-state index >= 15 is 4.39 Å². The number of aromatic nitrogens is 2. The van der Waals surface area contributed by atoms with E-state index < -0.39 is 32.5 Å². The second-order valence-electron chi connectivity index (χ2n) is 9.83. The molecule has 7 nitrogen and oxygen atoms in total. The van der Waals surface area contributed by atoms with E-state index in [1.54, 1.807) is 6.07 Å². The predicted molar refractivity (Wildman–Crippen MR) is 142 cm³/mol. The van der Waals surface area contributed by atoms with E-state index in [0.29, 0.717) is 24.8 Å². The van der Waals surface area contributed by atoms with Crippen molar-refractivity contribution >= 4 is 33.1 Å². The summed E-state index contributed by atoms with van der Waals surface area (Å²) >= 11 is 6.39. The van der Waals surface area contributed by atoms with Crippen molar-refractivity contribution in [3.63, 3.8) is 0 Å². The van der Waals surface area contributed by atoms with Crippen LogP contribution in [0.2, 0.25) is 5.02 Å². The van der Waals surface area contributed by atoms with E-state index in [1.807, 2.05) is 19.0 Å². The van der Waals surface area contributed by atoms with Crippen LogP contribution in [-0.4, -0.2) is 49.5 Å². The molecule has 1 fully saturated rings. The summed E-state index contributed by atoms with van der Waals surface area (Å²) in [4.78, 5) is 8.89. The van der Waals surface area contributed by atoms with Gasteiger partial charge in [-0.2, -0.15) is 13.2 Å². The van der Waals surface area contributed by atoms with E-state index in [4.69, 9.17) is 11.6 Å². The first-order chi connectivity index (χ1) is 18.3. The molecule has 210 valence electrons. The molecule has 1 heterocycles. The fraction of sp³-hybridized carbons (Fsp3) is 0.385. The average molecular weight is 586 g/mol. The van der Waals surface area contributed by atoms with Crippen LogP contribution in [0.25, 0.3) is 0 Å². The Morgan fingerprint density at radius 3 is 2.56 bits per heavy atom. The molecule has 1 aliphatic rings. The Bertz CT molecular complexity index is 1410. The highest BCUT2D eigenvalue weighted by molar-refractivity contribution is 7.92. The van der Waals surface area contributed by atoms with Crippen molar-refractivity contribution in [1.29, 1.82) is 0 Å². The van der Waals surface area contributed by atoms with Crippen molar-refractivity contribution in [3.8, 4) is 0 Å². The maximum atomic E-state index is 15.0. The summed E-state index contributed by atoms with van der Waals surface area (Å²) < 4.78 is 82.0. The molecule has 39 heavy (non-hydrogen) atoms. The molecule has 0 aliphatic heterocycles. The number of hydrogen-bond acceptors (Lipinski definition) is 6. The summed E-state index contributed by atoms with van der Waals surface area (Å²) in [6.45, 7) is 0. The normalized spacial score (nSPS) is 20.2. The van der Waals surface area contributed by atoms with E-state index in [-0.39, 0.29) is 34.5 Å². The summed E-state index contributed by atoms with van der Waals surface area (Å²) in [7, 11) is -0.485. The first-order valence-corrected chi connectivity index (χ1v) is 14.1. The number of alkyl halides is 3. The fourth-order valence-electron chi connectivity index (χ4n) is 4.95. The molecular weight excluding hydrogens is 558 g/mol. The van der Waals surface area contributed by atoms with Crippen molar-refractivity contribution in [3.05, 3.63) is 77.0 Å². The van der Waals surface area contributed by atoms with Gasteiger partial charge in [0.15, 0.2) is 0 Å². The molecule has 2 N–H and O–H groups in total. The van der Waals surface area contributed by atoms with Gasteiger partial charge in [0.2, 0.25) is 0 Å². The lowest BCUT2D eigenvalue weighted by Gasteiger charge is -2.41. The summed E-state index contributed by atoms with van der Waals surface area (Å²) in [6, 6.07) is 8.68. The van der Waals surface area contributed by atoms with Crippen LogP contribution in [0.3, 0.4) is 0 Å². The van der Waals surface area contributed by atoms with Gasteiger partial charge in [-0.05, 0) is 75.5 Å². The molecule has 0 bridgehead atoms. The van der Waals surface area contributed by atoms with E-state index in [2.05, 4.69) is 20.0 Å². The second kappa shape index (κ2) is 11.6. The molecule has 0 radical (unpaired) electrons. The molecule has 1 aromatic heterocycles. The standard InChI is InChI=1S/C26H28ClF4N5O2S/c1-36(2)23-12-17(10-16-4-3-5-18(11-16)26(29,30)31)6-7-21(23)34-22-14-20(28)24(13-19(22)27)39(37,38)35-25-8-9-32-15-33-25/h3-5,8-9,11,13-15,17,21,23,34H,6-7,10,12H2,1-2H3,(H,32,33,35)/t17-,21+,23+/m1/s1. The van der Waals surface area contributed by atoms with Gasteiger partial charge < -0.3 is 10.2 Å². The van der Waals surface area contributed by atoms with Gasteiger partial charge in [0.25, 0.3) is 10.0 Å². The molecule has 13 heteroatoms. The summed E-state index contributed by atoms with van der Waals surface area (Å²) in [5.41, 5.74) is 0.230. The first kappa shape index (κ1) is 29.0. The molecule has 1 saturated carbocycles. The molecular formula is C26H28ClF4N5O2S. The molecule has 0 amide bonds. The van der Waals surface area contributed by atoms with Crippen LogP contribution >= 0.6 is 11.6 Å². The van der Waals surface area contributed by atoms with Crippen LogP contribution in [-0.2, 0) is 22.6 Å². The predicted octanol–water partition coefficient (Wildman–Crippen LogP) is 5.84. The number of nitrogens with zero attached hydrogens (tertiary/aromatic N) is 3. The molecule has 0 unspecified atom stereocenters. The number of hydrogen-bond donors (Lipinski definition) is 2. The SMILES string of the molecule is CN(C)[C@H]1C[C@@H](Cc2cccc(C(F)(F)F)c2)CC[C@@H]1Nc1cc(F)c(S(=O)(=O)Nc2ccncn2)cc1Cl. The highest BCUT2D eigenvalue weighted by Gasteiger charge is 2.34. The maximum absolute atomic E-state index is 15.0. The van der Waals surface area contributed by atoms with Gasteiger partial charge in [-0.25, -0.2) is 22.8 Å². The fourth-order valence-corrected chi connectivity index (χ4v) is 6.33. The van der Waals surface area contributed by atoms with Gasteiger partial charge >= 0.3 is 6.18 Å². The summed E-state index contributed by atoms with van der Waals surface area (Å²) in [5, 5.41) is 3.30. The molecule has 2 aromatic carbocycles. The van der Waals surface area contributed by atoms with Crippen LogP contribution in [0, 0.1) is 11.7 Å². The smallest absolute Gasteiger partial charge is 0.379 e. The Morgan fingerprint density at radius 1 is 1.13 bits per heavy atom. The zero-order valence-electron chi connectivity index (χ0n) is 21.2. The lowest BCUT2D eigenvalue weighted by Crippen LogP contribution is -2.48. The van der Waals surface area contributed by atoms with Crippen molar-refractivity contribution in [2.45, 2.75) is 48.8 Å². The highest BCUT2D eigenvalue weighted by atomic mass is 35.5. The molecule has 3 aromatic rings. The van der Waals surface area contributed by atoms with Gasteiger partial charge in [0.1, 0.15) is 22.9 Å². The lowest BCUT2D eigenvalue weighted by atomic mass is 9.78. The Morgan fingerprint density at radius 2 is 1.90 bits per heavy atom. The van der Waals surface area contributed by atoms with E-state index in [9.17, 15) is 21.6 Å². The van der Waals surface area contributed by atoms with Gasteiger partial charge in [-0.1, -0.05) is 29.8 Å². The van der Waals surface area contributed by atoms with Crippen LogP contribution in [0.5, 0.6) is 0 Å². The van der Waals surface area contributed by atoms with Crippen molar-refractivity contribution in [2.75, 3.05) is 24.1 Å². The number of anilines is 2. The molecule has 4 rings (SSSR count). The van der Waals surface area contributed by atoms with Crippen LogP contribution in [0.4, 0.5) is 29.1 Å². The summed E-state index contributed by atoms with van der Waals surface area (Å²) in [6.07, 6.45) is 0.742. The lowest BCUT2D eigenvalue weighted by molar-refractivity contribution is -0.137. The average Bonchev–Trinajstić information content (AvgIpc) is 2.86. The zero-order chi connectivity index (χ0) is 28.4. The minimum absolute atomic E-state index is 0.0153. The van der Waals surface area contributed by atoms with Gasteiger partial charge in [-0.15, -0.1) is 0 Å². The zero-order valence-corrected chi connectivity index (χ0v) is 22.8. The van der Waals surface area contributed by atoms with E-state index in [1.165, 1.54) is 24.4 Å². The largest absolute Gasteiger partial charge is 0.416 e. The quantitative estimate of drug-likeness (QED) is 0.323. The second-order valence-corrected chi connectivity index (χ2v) is 11.9. The number of nitrogens with one attached hydrogen (secondary N) is 2. The number of benzene rings is 2. The summed E-state index contributed by atoms with van der Waals surface area (Å²) in [5.74, 6) is -0.840. The maximum Gasteiger partial charge on any atom is 0.416 e. The third-order valence-electron chi connectivity index (χ3n) is 6.84. The highest BCUT2D eigenvalue weighted by Crippen LogP contribution is 2.36. The first-order valence-electron chi connectivity index (χ1n) is 12.2. The molecule has 0 spiro atoms.